The van der Waals surface area contributed by atoms with Crippen molar-refractivity contribution in [3.8, 4) is 22.9 Å². The molecule has 2 heterocycles. The molecule has 1 aliphatic rings. The molecule has 0 saturated carbocycles. The predicted molar refractivity (Wildman–Crippen MR) is 117 cm³/mol. The number of hydrogen-bond donors (Lipinski definition) is 2. The standard InChI is InChI=1S/C23H22FN5O3/c1-14(30)19-12-21(29-11-10-26-13-20(29)22(25)31)28-23(27-19)15-2-6-17(7-3-15)32-18-8-4-16(24)5-9-18/h2-9,12,20,26H,10-11,13H2,1H3,(H2,25,31). The largest absolute Gasteiger partial charge is 0.457 e. The summed E-state index contributed by atoms with van der Waals surface area (Å²) in [7, 11) is 0. The van der Waals surface area contributed by atoms with E-state index in [1.165, 1.54) is 31.2 Å². The maximum absolute atomic E-state index is 13.1. The monoisotopic (exact) mass is 435 g/mol. The van der Waals surface area contributed by atoms with Gasteiger partial charge < -0.3 is 20.7 Å². The van der Waals surface area contributed by atoms with Gasteiger partial charge in [0.2, 0.25) is 5.91 Å². The first-order valence-electron chi connectivity index (χ1n) is 10.1. The topological polar surface area (TPSA) is 110 Å². The van der Waals surface area contributed by atoms with Crippen molar-refractivity contribution in [3.05, 3.63) is 66.1 Å². The van der Waals surface area contributed by atoms with Gasteiger partial charge in [0.05, 0.1) is 0 Å². The Bertz CT molecular complexity index is 1140. The van der Waals surface area contributed by atoms with Crippen LogP contribution in [0.15, 0.2) is 54.6 Å². The Morgan fingerprint density at radius 2 is 1.75 bits per heavy atom. The number of ketones is 1. The van der Waals surface area contributed by atoms with Gasteiger partial charge in [-0.15, -0.1) is 0 Å². The Labute approximate surface area is 184 Å². The van der Waals surface area contributed by atoms with E-state index in [-0.39, 0.29) is 17.3 Å². The molecule has 8 nitrogen and oxygen atoms in total. The molecule has 9 heteroatoms. The second-order valence-corrected chi connectivity index (χ2v) is 7.39. The van der Waals surface area contributed by atoms with Crippen LogP contribution < -0.4 is 20.7 Å². The molecule has 1 atom stereocenters. The number of carbonyl (C=O) groups excluding carboxylic acids is 2. The molecule has 3 N–H and O–H groups in total. The minimum absolute atomic E-state index is 0.211. The molecule has 0 aliphatic carbocycles. The molecule has 2 aromatic carbocycles. The third kappa shape index (κ3) is 4.73. The number of amides is 1. The fourth-order valence-corrected chi connectivity index (χ4v) is 3.43. The zero-order chi connectivity index (χ0) is 22.7. The molecule has 3 aromatic rings. The summed E-state index contributed by atoms with van der Waals surface area (Å²) in [4.78, 5) is 34.8. The number of ether oxygens (including phenoxy) is 1. The van der Waals surface area contributed by atoms with E-state index in [1.54, 1.807) is 35.2 Å². The molecule has 1 saturated heterocycles. The fraction of sp³-hybridized carbons (Fsp3) is 0.217. The average Bonchev–Trinajstić information content (AvgIpc) is 2.80. The molecule has 0 spiro atoms. The summed E-state index contributed by atoms with van der Waals surface area (Å²) in [6.07, 6.45) is 0. The molecular formula is C23H22FN5O3. The zero-order valence-corrected chi connectivity index (χ0v) is 17.4. The SMILES string of the molecule is CC(=O)c1cc(N2CCNCC2C(N)=O)nc(-c2ccc(Oc3ccc(F)cc3)cc2)n1. The number of rotatable bonds is 6. The molecule has 1 aliphatic heterocycles. The molecule has 0 radical (unpaired) electrons. The van der Waals surface area contributed by atoms with Crippen LogP contribution in [0, 0.1) is 5.82 Å². The average molecular weight is 435 g/mol. The lowest BCUT2D eigenvalue weighted by Gasteiger charge is -2.35. The summed E-state index contributed by atoms with van der Waals surface area (Å²) in [5.74, 6) is 0.863. The molecular weight excluding hydrogens is 413 g/mol. The summed E-state index contributed by atoms with van der Waals surface area (Å²) in [6.45, 7) is 3.01. The number of piperazine rings is 1. The van der Waals surface area contributed by atoms with Crippen LogP contribution in [-0.2, 0) is 4.79 Å². The molecule has 1 aromatic heterocycles. The summed E-state index contributed by atoms with van der Waals surface area (Å²) < 4.78 is 18.8. The van der Waals surface area contributed by atoms with Crippen LogP contribution in [0.3, 0.4) is 0 Å². The third-order valence-electron chi connectivity index (χ3n) is 5.10. The number of Topliss-reactive ketones (excluding diaryl/α,β-unsaturated/α-hetero) is 1. The molecule has 4 rings (SSSR count). The molecule has 32 heavy (non-hydrogen) atoms. The Hall–Kier alpha value is -3.85. The second-order valence-electron chi connectivity index (χ2n) is 7.39. The molecule has 1 fully saturated rings. The van der Waals surface area contributed by atoms with Gasteiger partial charge in [-0.1, -0.05) is 0 Å². The first-order valence-corrected chi connectivity index (χ1v) is 10.1. The van der Waals surface area contributed by atoms with Gasteiger partial charge in [0, 0.05) is 38.2 Å². The van der Waals surface area contributed by atoms with Crippen molar-refractivity contribution in [2.24, 2.45) is 5.73 Å². The summed E-state index contributed by atoms with van der Waals surface area (Å²) in [5, 5.41) is 3.14. The summed E-state index contributed by atoms with van der Waals surface area (Å²) >= 11 is 0. The van der Waals surface area contributed by atoms with Gasteiger partial charge in [0.25, 0.3) is 0 Å². The highest BCUT2D eigenvalue weighted by Crippen LogP contribution is 2.27. The first-order chi connectivity index (χ1) is 15.4. The van der Waals surface area contributed by atoms with Gasteiger partial charge in [-0.05, 0) is 48.5 Å². The van der Waals surface area contributed by atoms with Crippen LogP contribution in [0.5, 0.6) is 11.5 Å². The van der Waals surface area contributed by atoms with Crippen molar-refractivity contribution in [1.82, 2.24) is 15.3 Å². The van der Waals surface area contributed by atoms with E-state index in [2.05, 4.69) is 15.3 Å². The van der Waals surface area contributed by atoms with Crippen molar-refractivity contribution in [2.45, 2.75) is 13.0 Å². The van der Waals surface area contributed by atoms with Gasteiger partial charge in [-0.2, -0.15) is 0 Å². The molecule has 164 valence electrons. The number of hydrogen-bond acceptors (Lipinski definition) is 7. The van der Waals surface area contributed by atoms with E-state index in [0.29, 0.717) is 48.3 Å². The number of nitrogens with one attached hydrogen (secondary N) is 1. The number of carbonyl (C=O) groups is 2. The summed E-state index contributed by atoms with van der Waals surface area (Å²) in [6, 6.07) is 13.7. The van der Waals surface area contributed by atoms with Crippen molar-refractivity contribution >= 4 is 17.5 Å². The van der Waals surface area contributed by atoms with E-state index in [9.17, 15) is 14.0 Å². The van der Waals surface area contributed by atoms with Gasteiger partial charge in [-0.3, -0.25) is 9.59 Å². The highest BCUT2D eigenvalue weighted by molar-refractivity contribution is 5.93. The van der Waals surface area contributed by atoms with Crippen LogP contribution in [-0.4, -0.2) is 47.3 Å². The van der Waals surface area contributed by atoms with E-state index in [0.717, 1.165) is 0 Å². The van der Waals surface area contributed by atoms with Gasteiger partial charge >= 0.3 is 0 Å². The Morgan fingerprint density at radius 1 is 1.09 bits per heavy atom. The van der Waals surface area contributed by atoms with Crippen LogP contribution in [0.1, 0.15) is 17.4 Å². The van der Waals surface area contributed by atoms with Gasteiger partial charge in [-0.25, -0.2) is 14.4 Å². The highest BCUT2D eigenvalue weighted by Gasteiger charge is 2.29. The number of aromatic nitrogens is 2. The first kappa shape index (κ1) is 21.4. The van der Waals surface area contributed by atoms with Crippen LogP contribution >= 0.6 is 0 Å². The lowest BCUT2D eigenvalue weighted by Crippen LogP contribution is -2.57. The van der Waals surface area contributed by atoms with E-state index >= 15 is 0 Å². The van der Waals surface area contributed by atoms with E-state index in [1.807, 2.05) is 0 Å². The minimum atomic E-state index is -0.571. The van der Waals surface area contributed by atoms with E-state index < -0.39 is 11.9 Å². The van der Waals surface area contributed by atoms with Crippen molar-refractivity contribution in [3.63, 3.8) is 0 Å². The number of benzene rings is 2. The third-order valence-corrected chi connectivity index (χ3v) is 5.10. The van der Waals surface area contributed by atoms with Crippen LogP contribution in [0.4, 0.5) is 10.2 Å². The Kier molecular flexibility index (Phi) is 6.09. The Balaban J connectivity index is 1.64. The number of anilines is 1. The fourth-order valence-electron chi connectivity index (χ4n) is 3.43. The number of primary amides is 1. The minimum Gasteiger partial charge on any atom is -0.457 e. The lowest BCUT2D eigenvalue weighted by atomic mass is 10.1. The number of nitrogens with two attached hydrogens (primary N) is 1. The van der Waals surface area contributed by atoms with Crippen molar-refractivity contribution in [2.75, 3.05) is 24.5 Å². The smallest absolute Gasteiger partial charge is 0.241 e. The van der Waals surface area contributed by atoms with Crippen LogP contribution in [0.25, 0.3) is 11.4 Å². The molecule has 1 unspecified atom stereocenters. The second kappa shape index (κ2) is 9.11. The van der Waals surface area contributed by atoms with Crippen molar-refractivity contribution in [1.29, 1.82) is 0 Å². The maximum Gasteiger partial charge on any atom is 0.241 e. The maximum atomic E-state index is 13.1. The Morgan fingerprint density at radius 3 is 2.38 bits per heavy atom. The summed E-state index contributed by atoms with van der Waals surface area (Å²) in [5.41, 5.74) is 6.49. The highest BCUT2D eigenvalue weighted by atomic mass is 19.1. The van der Waals surface area contributed by atoms with E-state index in [4.69, 9.17) is 10.5 Å². The molecule has 0 bridgehead atoms. The zero-order valence-electron chi connectivity index (χ0n) is 17.4. The lowest BCUT2D eigenvalue weighted by molar-refractivity contribution is -0.119. The van der Waals surface area contributed by atoms with Gasteiger partial charge in [0.15, 0.2) is 11.6 Å². The normalized spacial score (nSPS) is 15.9. The quantitative estimate of drug-likeness (QED) is 0.573. The van der Waals surface area contributed by atoms with Gasteiger partial charge in [0.1, 0.15) is 34.9 Å². The van der Waals surface area contributed by atoms with Crippen molar-refractivity contribution < 1.29 is 18.7 Å². The predicted octanol–water partition coefficient (Wildman–Crippen LogP) is 2.54. The van der Waals surface area contributed by atoms with Crippen LogP contribution in [0.2, 0.25) is 0 Å². The molecule has 1 amide bonds. The number of halogens is 1. The number of nitrogens with zero attached hydrogens (tertiary/aromatic N) is 3.